The van der Waals surface area contributed by atoms with Crippen LogP contribution in [0.3, 0.4) is 0 Å². The molecule has 0 bridgehead atoms. The molecule has 0 fully saturated rings. The van der Waals surface area contributed by atoms with Crippen LogP contribution in [0.1, 0.15) is 11.1 Å². The van der Waals surface area contributed by atoms with Crippen LogP contribution in [-0.2, 0) is 5.75 Å². The maximum Gasteiger partial charge on any atom is 0.123 e. The molecule has 0 saturated carbocycles. The third-order valence-corrected chi connectivity index (χ3v) is 4.28. The fourth-order valence-corrected chi connectivity index (χ4v) is 3.01. The maximum atomic E-state index is 13.2. The summed E-state index contributed by atoms with van der Waals surface area (Å²) in [4.78, 5) is 8.56. The van der Waals surface area contributed by atoms with Gasteiger partial charge in [0.2, 0.25) is 0 Å². The summed E-state index contributed by atoms with van der Waals surface area (Å²) >= 11 is 1.43. The van der Waals surface area contributed by atoms with Crippen molar-refractivity contribution in [2.75, 3.05) is 0 Å². The van der Waals surface area contributed by atoms with E-state index < -0.39 is 0 Å². The van der Waals surface area contributed by atoms with E-state index in [9.17, 15) is 9.65 Å². The molecule has 0 aliphatic rings. The Bertz CT molecular complexity index is 860. The lowest BCUT2D eigenvalue weighted by molar-refractivity contribution is 0.626. The average Bonchev–Trinajstić information content (AvgIpc) is 2.60. The van der Waals surface area contributed by atoms with Gasteiger partial charge in [0.1, 0.15) is 16.9 Å². The van der Waals surface area contributed by atoms with Crippen LogP contribution >= 0.6 is 11.8 Å². The highest BCUT2D eigenvalue weighted by atomic mass is 32.2. The van der Waals surface area contributed by atoms with Gasteiger partial charge >= 0.3 is 0 Å². The van der Waals surface area contributed by atoms with E-state index in [1.807, 2.05) is 24.3 Å². The van der Waals surface area contributed by atoms with E-state index in [0.717, 1.165) is 16.8 Å². The second-order valence-corrected chi connectivity index (χ2v) is 5.78. The van der Waals surface area contributed by atoms with E-state index in [1.165, 1.54) is 23.9 Å². The standard InChI is InChI=1S/C18H12FN3S/c19-16-3-1-2-13(10-16)12-23-18-15(11-20)4-5-17(22-18)14-6-8-21-9-7-14/h1-10H,12H2. The molecule has 0 aliphatic carbocycles. The number of nitrogens with zero attached hydrogens (tertiary/aromatic N) is 3. The Morgan fingerprint density at radius 3 is 2.65 bits per heavy atom. The van der Waals surface area contributed by atoms with Gasteiger partial charge in [0.05, 0.1) is 11.3 Å². The first-order valence-electron chi connectivity index (χ1n) is 6.95. The summed E-state index contributed by atoms with van der Waals surface area (Å²) in [5.74, 6) is 0.293. The summed E-state index contributed by atoms with van der Waals surface area (Å²) in [6.07, 6.45) is 3.41. The Morgan fingerprint density at radius 1 is 1.09 bits per heavy atom. The van der Waals surface area contributed by atoms with Gasteiger partial charge in [-0.1, -0.05) is 12.1 Å². The Labute approximate surface area is 137 Å². The van der Waals surface area contributed by atoms with Crippen LogP contribution in [-0.4, -0.2) is 9.97 Å². The molecule has 1 aromatic carbocycles. The fraction of sp³-hybridized carbons (Fsp3) is 0.0556. The molecule has 3 rings (SSSR count). The number of rotatable bonds is 4. The smallest absolute Gasteiger partial charge is 0.123 e. The van der Waals surface area contributed by atoms with Crippen molar-refractivity contribution in [1.29, 1.82) is 5.26 Å². The molecule has 0 N–H and O–H groups in total. The molecule has 0 atom stereocenters. The highest BCUT2D eigenvalue weighted by Gasteiger charge is 2.08. The van der Waals surface area contributed by atoms with Gasteiger partial charge in [-0.2, -0.15) is 5.26 Å². The van der Waals surface area contributed by atoms with Crippen molar-refractivity contribution >= 4 is 11.8 Å². The molecule has 0 saturated heterocycles. The first-order valence-corrected chi connectivity index (χ1v) is 7.93. The zero-order valence-electron chi connectivity index (χ0n) is 12.1. The summed E-state index contributed by atoms with van der Waals surface area (Å²) in [5.41, 5.74) is 3.10. The number of nitriles is 1. The van der Waals surface area contributed by atoms with Crippen LogP contribution < -0.4 is 0 Å². The number of halogens is 1. The van der Waals surface area contributed by atoms with E-state index >= 15 is 0 Å². The van der Waals surface area contributed by atoms with Gasteiger partial charge in [-0.15, -0.1) is 11.8 Å². The van der Waals surface area contributed by atoms with Crippen LogP contribution in [0, 0.1) is 17.1 Å². The summed E-state index contributed by atoms with van der Waals surface area (Å²) in [7, 11) is 0. The second kappa shape index (κ2) is 7.03. The molecule has 3 nitrogen and oxygen atoms in total. The minimum atomic E-state index is -0.262. The van der Waals surface area contributed by atoms with Gasteiger partial charge in [0, 0.05) is 23.7 Å². The van der Waals surface area contributed by atoms with Crippen molar-refractivity contribution in [3.05, 3.63) is 77.9 Å². The van der Waals surface area contributed by atoms with Crippen molar-refractivity contribution in [3.8, 4) is 17.3 Å². The van der Waals surface area contributed by atoms with Crippen LogP contribution in [0.2, 0.25) is 0 Å². The Balaban J connectivity index is 1.87. The Kier molecular flexibility index (Phi) is 4.65. The third-order valence-electron chi connectivity index (χ3n) is 3.22. The topological polar surface area (TPSA) is 49.6 Å². The lowest BCUT2D eigenvalue weighted by Crippen LogP contribution is -1.92. The van der Waals surface area contributed by atoms with Crippen LogP contribution in [0.5, 0.6) is 0 Å². The predicted octanol–water partition coefficient (Wildman–Crippen LogP) is 4.45. The van der Waals surface area contributed by atoms with E-state index in [-0.39, 0.29) is 5.82 Å². The SMILES string of the molecule is N#Cc1ccc(-c2ccncc2)nc1SCc1cccc(F)c1. The van der Waals surface area contributed by atoms with Crippen molar-refractivity contribution in [1.82, 2.24) is 9.97 Å². The highest BCUT2D eigenvalue weighted by molar-refractivity contribution is 7.98. The van der Waals surface area contributed by atoms with Gasteiger partial charge in [-0.25, -0.2) is 9.37 Å². The zero-order valence-corrected chi connectivity index (χ0v) is 12.9. The molecule has 3 aromatic rings. The molecule has 5 heteroatoms. The van der Waals surface area contributed by atoms with E-state index in [2.05, 4.69) is 16.0 Å². The first-order chi connectivity index (χ1) is 11.3. The third kappa shape index (κ3) is 3.74. The largest absolute Gasteiger partial charge is 0.265 e. The maximum absolute atomic E-state index is 13.2. The predicted molar refractivity (Wildman–Crippen MR) is 88.1 cm³/mol. The Morgan fingerprint density at radius 2 is 1.91 bits per heavy atom. The summed E-state index contributed by atoms with van der Waals surface area (Å²) in [5, 5.41) is 9.89. The minimum Gasteiger partial charge on any atom is -0.265 e. The normalized spacial score (nSPS) is 10.3. The molecule has 0 aliphatic heterocycles. The number of hydrogen-bond donors (Lipinski definition) is 0. The molecule has 2 heterocycles. The van der Waals surface area contributed by atoms with Crippen LogP contribution in [0.15, 0.2) is 66.0 Å². The molecule has 0 spiro atoms. The number of pyridine rings is 2. The summed E-state index contributed by atoms with van der Waals surface area (Å²) in [6.45, 7) is 0. The van der Waals surface area contributed by atoms with Gasteiger partial charge in [-0.05, 0) is 42.0 Å². The van der Waals surface area contributed by atoms with E-state index in [1.54, 1.807) is 24.5 Å². The number of aromatic nitrogens is 2. The second-order valence-electron chi connectivity index (χ2n) is 4.82. The number of thioether (sulfide) groups is 1. The van der Waals surface area contributed by atoms with Crippen molar-refractivity contribution in [2.24, 2.45) is 0 Å². The van der Waals surface area contributed by atoms with Gasteiger partial charge < -0.3 is 0 Å². The van der Waals surface area contributed by atoms with E-state index in [4.69, 9.17) is 0 Å². The summed E-state index contributed by atoms with van der Waals surface area (Å²) in [6, 6.07) is 15.9. The molecule has 0 unspecified atom stereocenters. The zero-order chi connectivity index (χ0) is 16.1. The molecule has 23 heavy (non-hydrogen) atoms. The first kappa shape index (κ1) is 15.2. The number of benzene rings is 1. The summed E-state index contributed by atoms with van der Waals surface area (Å²) < 4.78 is 13.2. The molecule has 0 radical (unpaired) electrons. The van der Waals surface area contributed by atoms with Gasteiger partial charge in [0.15, 0.2) is 0 Å². The Hall–Kier alpha value is -2.71. The fourth-order valence-electron chi connectivity index (χ4n) is 2.10. The van der Waals surface area contributed by atoms with E-state index in [0.29, 0.717) is 16.3 Å². The molecular formula is C18H12FN3S. The molecule has 2 aromatic heterocycles. The molecule has 112 valence electrons. The lowest BCUT2D eigenvalue weighted by atomic mass is 10.1. The van der Waals surface area contributed by atoms with Crippen molar-refractivity contribution in [3.63, 3.8) is 0 Å². The van der Waals surface area contributed by atoms with Gasteiger partial charge in [0.25, 0.3) is 0 Å². The quantitative estimate of drug-likeness (QED) is 0.666. The monoisotopic (exact) mass is 321 g/mol. The van der Waals surface area contributed by atoms with Crippen molar-refractivity contribution in [2.45, 2.75) is 10.8 Å². The lowest BCUT2D eigenvalue weighted by Gasteiger charge is -2.07. The molecule has 0 amide bonds. The van der Waals surface area contributed by atoms with Gasteiger partial charge in [-0.3, -0.25) is 4.98 Å². The highest BCUT2D eigenvalue weighted by Crippen LogP contribution is 2.27. The number of hydrogen-bond acceptors (Lipinski definition) is 4. The average molecular weight is 321 g/mol. The van der Waals surface area contributed by atoms with Crippen LogP contribution in [0.25, 0.3) is 11.3 Å². The van der Waals surface area contributed by atoms with Crippen molar-refractivity contribution < 1.29 is 4.39 Å². The van der Waals surface area contributed by atoms with Crippen LogP contribution in [0.4, 0.5) is 4.39 Å². The molecular weight excluding hydrogens is 309 g/mol. The minimum absolute atomic E-state index is 0.262.